The van der Waals surface area contributed by atoms with Crippen LogP contribution in [0.1, 0.15) is 25.7 Å². The van der Waals surface area contributed by atoms with Gasteiger partial charge in [0.15, 0.2) is 5.13 Å². The van der Waals surface area contributed by atoms with Crippen molar-refractivity contribution in [3.8, 4) is 11.3 Å². The summed E-state index contributed by atoms with van der Waals surface area (Å²) in [6.45, 7) is 2.17. The third-order valence-corrected chi connectivity index (χ3v) is 4.82. The molecule has 1 aromatic heterocycles. The lowest BCUT2D eigenvalue weighted by Crippen LogP contribution is -2.28. The minimum Gasteiger partial charge on any atom is -0.317 e. The van der Waals surface area contributed by atoms with E-state index >= 15 is 0 Å². The summed E-state index contributed by atoms with van der Waals surface area (Å²) in [5, 5.41) is 8.95. The molecule has 0 atom stereocenters. The molecule has 3 rings (SSSR count). The fourth-order valence-electron chi connectivity index (χ4n) is 2.76. The number of carbonyl (C=O) groups excluding carboxylic acids is 1. The van der Waals surface area contributed by atoms with Crippen molar-refractivity contribution in [2.75, 3.05) is 18.4 Å². The van der Waals surface area contributed by atoms with E-state index in [9.17, 15) is 4.79 Å². The number of anilines is 1. The summed E-state index contributed by atoms with van der Waals surface area (Å²) < 4.78 is 0. The van der Waals surface area contributed by atoms with Crippen molar-refractivity contribution < 1.29 is 4.79 Å². The number of carbonyl (C=O) groups is 1. The number of nitrogens with zero attached hydrogens (tertiary/aromatic N) is 1. The third kappa shape index (κ3) is 4.15. The Bertz CT molecular complexity index is 605. The number of hydrogen-bond acceptors (Lipinski definition) is 4. The summed E-state index contributed by atoms with van der Waals surface area (Å²) in [5.41, 5.74) is 1.99. The number of rotatable bonds is 5. The first-order valence-corrected chi connectivity index (χ1v) is 8.71. The summed E-state index contributed by atoms with van der Waals surface area (Å²) in [5.74, 6) is 0.760. The molecule has 2 heterocycles. The molecule has 0 spiro atoms. The van der Waals surface area contributed by atoms with Gasteiger partial charge in [-0.1, -0.05) is 30.3 Å². The van der Waals surface area contributed by atoms with Gasteiger partial charge in [-0.05, 0) is 38.3 Å². The number of aromatic nitrogens is 1. The Hall–Kier alpha value is -1.72. The van der Waals surface area contributed by atoms with Crippen molar-refractivity contribution in [1.82, 2.24) is 10.3 Å². The standard InChI is InChI=1S/C17H21N3OS/c21-16(7-6-13-8-10-18-11-9-13)20-17-19-15(12-22-17)14-4-2-1-3-5-14/h1-5,12-13,18H,6-11H2,(H,19,20,21). The highest BCUT2D eigenvalue weighted by atomic mass is 32.1. The summed E-state index contributed by atoms with van der Waals surface area (Å²) in [6.07, 6.45) is 3.93. The normalized spacial score (nSPS) is 15.6. The van der Waals surface area contributed by atoms with Crippen LogP contribution in [-0.2, 0) is 4.79 Å². The number of benzene rings is 1. The smallest absolute Gasteiger partial charge is 0.226 e. The summed E-state index contributed by atoms with van der Waals surface area (Å²) in [6, 6.07) is 10.0. The van der Waals surface area contributed by atoms with Crippen LogP contribution in [0.25, 0.3) is 11.3 Å². The Kier molecular flexibility index (Phi) is 5.19. The van der Waals surface area contributed by atoms with E-state index < -0.39 is 0 Å². The Morgan fingerprint density at radius 1 is 1.27 bits per heavy atom. The molecule has 1 aromatic carbocycles. The molecule has 1 amide bonds. The van der Waals surface area contributed by atoms with Crippen LogP contribution in [0.4, 0.5) is 5.13 Å². The van der Waals surface area contributed by atoms with Crippen LogP contribution in [-0.4, -0.2) is 24.0 Å². The van der Waals surface area contributed by atoms with Crippen molar-refractivity contribution in [3.05, 3.63) is 35.7 Å². The molecule has 1 saturated heterocycles. The largest absolute Gasteiger partial charge is 0.317 e. The highest BCUT2D eigenvalue weighted by Gasteiger charge is 2.15. The number of nitrogens with one attached hydrogen (secondary N) is 2. The van der Waals surface area contributed by atoms with E-state index in [0.717, 1.165) is 30.8 Å². The molecule has 1 aliphatic heterocycles. The average molecular weight is 315 g/mol. The van der Waals surface area contributed by atoms with E-state index in [2.05, 4.69) is 15.6 Å². The van der Waals surface area contributed by atoms with Crippen LogP contribution in [0.3, 0.4) is 0 Å². The van der Waals surface area contributed by atoms with Gasteiger partial charge in [0.2, 0.25) is 5.91 Å². The zero-order chi connectivity index (χ0) is 15.2. The molecule has 116 valence electrons. The Morgan fingerprint density at radius 2 is 2.05 bits per heavy atom. The Balaban J connectivity index is 1.50. The van der Waals surface area contributed by atoms with Gasteiger partial charge in [0.1, 0.15) is 0 Å². The molecular formula is C17H21N3OS. The molecule has 1 fully saturated rings. The third-order valence-electron chi connectivity index (χ3n) is 4.06. The second-order valence-corrected chi connectivity index (χ2v) is 6.54. The van der Waals surface area contributed by atoms with Crippen molar-refractivity contribution in [3.63, 3.8) is 0 Å². The zero-order valence-electron chi connectivity index (χ0n) is 12.5. The molecule has 0 aliphatic carbocycles. The Labute approximate surface area is 135 Å². The van der Waals surface area contributed by atoms with Crippen LogP contribution >= 0.6 is 11.3 Å². The minimum atomic E-state index is 0.0764. The lowest BCUT2D eigenvalue weighted by molar-refractivity contribution is -0.116. The fraction of sp³-hybridized carbons (Fsp3) is 0.412. The predicted molar refractivity (Wildman–Crippen MR) is 91.0 cm³/mol. The van der Waals surface area contributed by atoms with Gasteiger partial charge in [0, 0.05) is 17.4 Å². The second-order valence-electron chi connectivity index (χ2n) is 5.68. The molecule has 0 saturated carbocycles. The number of thiazole rings is 1. The lowest BCUT2D eigenvalue weighted by atomic mass is 9.93. The van der Waals surface area contributed by atoms with Crippen molar-refractivity contribution >= 4 is 22.4 Å². The van der Waals surface area contributed by atoms with Gasteiger partial charge in [-0.15, -0.1) is 11.3 Å². The van der Waals surface area contributed by atoms with Gasteiger partial charge in [-0.2, -0.15) is 0 Å². The first-order valence-electron chi connectivity index (χ1n) is 7.83. The minimum absolute atomic E-state index is 0.0764. The fourth-order valence-corrected chi connectivity index (χ4v) is 3.50. The quantitative estimate of drug-likeness (QED) is 0.887. The molecule has 22 heavy (non-hydrogen) atoms. The highest BCUT2D eigenvalue weighted by molar-refractivity contribution is 7.14. The lowest BCUT2D eigenvalue weighted by Gasteiger charge is -2.21. The molecule has 5 heteroatoms. The van der Waals surface area contributed by atoms with Crippen molar-refractivity contribution in [2.24, 2.45) is 5.92 Å². The molecule has 2 aromatic rings. The monoisotopic (exact) mass is 315 g/mol. The molecule has 2 N–H and O–H groups in total. The van der Waals surface area contributed by atoms with Gasteiger partial charge >= 0.3 is 0 Å². The van der Waals surface area contributed by atoms with E-state index in [1.807, 2.05) is 35.7 Å². The van der Waals surface area contributed by atoms with E-state index in [1.54, 1.807) is 0 Å². The zero-order valence-corrected chi connectivity index (χ0v) is 13.4. The van der Waals surface area contributed by atoms with Gasteiger partial charge in [-0.25, -0.2) is 4.98 Å². The van der Waals surface area contributed by atoms with Crippen LogP contribution < -0.4 is 10.6 Å². The maximum absolute atomic E-state index is 12.0. The van der Waals surface area contributed by atoms with E-state index in [4.69, 9.17) is 0 Å². The summed E-state index contributed by atoms with van der Waals surface area (Å²) in [7, 11) is 0. The summed E-state index contributed by atoms with van der Waals surface area (Å²) >= 11 is 1.48. The van der Waals surface area contributed by atoms with Gasteiger partial charge in [0.25, 0.3) is 0 Å². The highest BCUT2D eigenvalue weighted by Crippen LogP contribution is 2.25. The maximum atomic E-state index is 12.0. The van der Waals surface area contributed by atoms with Crippen molar-refractivity contribution in [1.29, 1.82) is 0 Å². The van der Waals surface area contributed by atoms with Gasteiger partial charge in [-0.3, -0.25) is 4.79 Å². The maximum Gasteiger partial charge on any atom is 0.226 e. The molecule has 0 radical (unpaired) electrons. The van der Waals surface area contributed by atoms with Gasteiger partial charge in [0.05, 0.1) is 5.69 Å². The first-order chi connectivity index (χ1) is 10.8. The molecule has 1 aliphatic rings. The molecule has 0 unspecified atom stereocenters. The Morgan fingerprint density at radius 3 is 2.82 bits per heavy atom. The average Bonchev–Trinajstić information content (AvgIpc) is 3.03. The molecule has 4 nitrogen and oxygen atoms in total. The second kappa shape index (κ2) is 7.51. The predicted octanol–water partition coefficient (Wildman–Crippen LogP) is 3.53. The SMILES string of the molecule is O=C(CCC1CCNCC1)Nc1nc(-c2ccccc2)cs1. The van der Waals surface area contributed by atoms with E-state index in [-0.39, 0.29) is 5.91 Å². The van der Waals surface area contributed by atoms with Crippen LogP contribution in [0.15, 0.2) is 35.7 Å². The van der Waals surface area contributed by atoms with Crippen LogP contribution in [0.5, 0.6) is 0 Å². The number of amides is 1. The number of hydrogen-bond donors (Lipinski definition) is 2. The molecular weight excluding hydrogens is 294 g/mol. The number of piperidine rings is 1. The van der Waals surface area contributed by atoms with E-state index in [0.29, 0.717) is 17.5 Å². The molecule has 0 bridgehead atoms. The topological polar surface area (TPSA) is 54.0 Å². The van der Waals surface area contributed by atoms with E-state index in [1.165, 1.54) is 24.2 Å². The van der Waals surface area contributed by atoms with Crippen LogP contribution in [0.2, 0.25) is 0 Å². The first kappa shape index (κ1) is 15.2. The van der Waals surface area contributed by atoms with Crippen LogP contribution in [0, 0.1) is 5.92 Å². The van der Waals surface area contributed by atoms with Crippen molar-refractivity contribution in [2.45, 2.75) is 25.7 Å². The van der Waals surface area contributed by atoms with Gasteiger partial charge < -0.3 is 10.6 Å². The summed E-state index contributed by atoms with van der Waals surface area (Å²) in [4.78, 5) is 16.5.